The first-order valence-electron chi connectivity index (χ1n) is 5.93. The van der Waals surface area contributed by atoms with Gasteiger partial charge in [0.1, 0.15) is 0 Å². The van der Waals surface area contributed by atoms with Gasteiger partial charge in [-0.15, -0.1) is 0 Å². The normalized spacial score (nSPS) is 14.3. The average Bonchev–Trinajstić information content (AvgIpc) is 2.21. The van der Waals surface area contributed by atoms with E-state index in [1.165, 1.54) is 25.7 Å². The predicted molar refractivity (Wildman–Crippen MR) is 63.2 cm³/mol. The molecule has 0 saturated carbocycles. The van der Waals surface area contributed by atoms with Crippen LogP contribution in [0, 0.1) is 5.92 Å². The van der Waals surface area contributed by atoms with Crippen LogP contribution in [0.1, 0.15) is 60.3 Å². The zero-order valence-corrected chi connectivity index (χ0v) is 10.5. The van der Waals surface area contributed by atoms with Crippen LogP contribution >= 0.6 is 0 Å². The molecule has 1 heteroatoms. The van der Waals surface area contributed by atoms with Crippen molar-refractivity contribution in [3.8, 4) is 0 Å². The quantitative estimate of drug-likeness (QED) is 0.666. The number of nitrogens with one attached hydrogen (secondary N) is 1. The Hall–Kier alpha value is -0.0400. The third kappa shape index (κ3) is 8.29. The van der Waals surface area contributed by atoms with Gasteiger partial charge in [0.15, 0.2) is 0 Å². The fourth-order valence-electron chi connectivity index (χ4n) is 1.51. The minimum Gasteiger partial charge on any atom is -0.317 e. The molecule has 0 spiro atoms. The maximum atomic E-state index is 3.32. The molecule has 82 valence electrons. The molecule has 0 amide bonds. The summed E-state index contributed by atoms with van der Waals surface area (Å²) in [6, 6.07) is 0.687. The standard InChI is InChI=1S/C10H23N.C2H6/c1-5-7-8-10(6-2)9(3)11-4;1-2/h9-11H,5-8H2,1-4H3;1-2H3. The summed E-state index contributed by atoms with van der Waals surface area (Å²) in [5.74, 6) is 0.875. The van der Waals surface area contributed by atoms with Crippen molar-refractivity contribution in [1.29, 1.82) is 0 Å². The maximum absolute atomic E-state index is 3.32. The molecule has 1 nitrogen and oxygen atoms in total. The molecule has 0 aromatic carbocycles. The molecule has 0 fully saturated rings. The Morgan fingerprint density at radius 1 is 1.15 bits per heavy atom. The van der Waals surface area contributed by atoms with Gasteiger partial charge in [0.25, 0.3) is 0 Å². The summed E-state index contributed by atoms with van der Waals surface area (Å²) in [5, 5.41) is 3.32. The van der Waals surface area contributed by atoms with Gasteiger partial charge < -0.3 is 5.32 Å². The molecule has 1 N–H and O–H groups in total. The fraction of sp³-hybridized carbons (Fsp3) is 1.00. The van der Waals surface area contributed by atoms with Gasteiger partial charge in [0.05, 0.1) is 0 Å². The predicted octanol–water partition coefficient (Wildman–Crippen LogP) is 3.84. The van der Waals surface area contributed by atoms with Crippen LogP contribution < -0.4 is 5.32 Å². The van der Waals surface area contributed by atoms with Crippen LogP contribution in [0.4, 0.5) is 0 Å². The summed E-state index contributed by atoms with van der Waals surface area (Å²) in [4.78, 5) is 0. The zero-order valence-electron chi connectivity index (χ0n) is 10.5. The molecule has 0 aromatic rings. The van der Waals surface area contributed by atoms with Gasteiger partial charge >= 0.3 is 0 Å². The maximum Gasteiger partial charge on any atom is 0.00638 e. The SMILES string of the molecule is CC.CCCCC(CC)C(C)NC. The van der Waals surface area contributed by atoms with Gasteiger partial charge in [-0.05, 0) is 26.3 Å². The van der Waals surface area contributed by atoms with Gasteiger partial charge in [-0.2, -0.15) is 0 Å². The van der Waals surface area contributed by atoms with Gasteiger partial charge in [-0.25, -0.2) is 0 Å². The molecule has 0 radical (unpaired) electrons. The van der Waals surface area contributed by atoms with Crippen molar-refractivity contribution < 1.29 is 0 Å². The van der Waals surface area contributed by atoms with E-state index in [-0.39, 0.29) is 0 Å². The molecule has 2 atom stereocenters. The Kier molecular flexibility index (Phi) is 14.2. The lowest BCUT2D eigenvalue weighted by atomic mass is 9.93. The number of unbranched alkanes of at least 4 members (excludes halogenated alkanes) is 1. The van der Waals surface area contributed by atoms with E-state index in [0.29, 0.717) is 6.04 Å². The highest BCUT2D eigenvalue weighted by Gasteiger charge is 2.11. The summed E-state index contributed by atoms with van der Waals surface area (Å²) in [6.07, 6.45) is 5.40. The molecule has 13 heavy (non-hydrogen) atoms. The monoisotopic (exact) mass is 187 g/mol. The van der Waals surface area contributed by atoms with Crippen molar-refractivity contribution in [2.45, 2.75) is 66.3 Å². The molecule has 2 unspecified atom stereocenters. The van der Waals surface area contributed by atoms with Crippen molar-refractivity contribution in [2.75, 3.05) is 7.05 Å². The van der Waals surface area contributed by atoms with Crippen LogP contribution in [-0.2, 0) is 0 Å². The summed E-state index contributed by atoms with van der Waals surface area (Å²) >= 11 is 0. The molecular formula is C12H29N. The summed E-state index contributed by atoms with van der Waals surface area (Å²) in [5.41, 5.74) is 0. The lowest BCUT2D eigenvalue weighted by Crippen LogP contribution is -2.29. The largest absolute Gasteiger partial charge is 0.317 e. The lowest BCUT2D eigenvalue weighted by Gasteiger charge is -2.21. The first-order chi connectivity index (χ1) is 6.26. The van der Waals surface area contributed by atoms with Crippen LogP contribution in [0.3, 0.4) is 0 Å². The fourth-order valence-corrected chi connectivity index (χ4v) is 1.51. The van der Waals surface area contributed by atoms with E-state index in [9.17, 15) is 0 Å². The zero-order chi connectivity index (χ0) is 10.7. The smallest absolute Gasteiger partial charge is 0.00638 e. The first kappa shape index (κ1) is 15.4. The van der Waals surface area contributed by atoms with E-state index in [0.717, 1.165) is 5.92 Å². The lowest BCUT2D eigenvalue weighted by molar-refractivity contribution is 0.351. The van der Waals surface area contributed by atoms with Crippen LogP contribution in [0.25, 0.3) is 0 Å². The number of rotatable bonds is 6. The number of hydrogen-bond donors (Lipinski definition) is 1. The van der Waals surface area contributed by atoms with E-state index >= 15 is 0 Å². The average molecular weight is 187 g/mol. The molecule has 0 aliphatic carbocycles. The van der Waals surface area contributed by atoms with Crippen LogP contribution in [0.2, 0.25) is 0 Å². The van der Waals surface area contributed by atoms with Crippen LogP contribution in [0.5, 0.6) is 0 Å². The Morgan fingerprint density at radius 3 is 2.00 bits per heavy atom. The van der Waals surface area contributed by atoms with Crippen molar-refractivity contribution in [1.82, 2.24) is 5.32 Å². The van der Waals surface area contributed by atoms with Gasteiger partial charge in [-0.3, -0.25) is 0 Å². The Morgan fingerprint density at radius 2 is 1.69 bits per heavy atom. The Bertz CT molecular complexity index is 81.2. The van der Waals surface area contributed by atoms with Crippen molar-refractivity contribution in [3.63, 3.8) is 0 Å². The second kappa shape index (κ2) is 12.0. The van der Waals surface area contributed by atoms with Crippen molar-refractivity contribution in [3.05, 3.63) is 0 Å². The van der Waals surface area contributed by atoms with Crippen molar-refractivity contribution in [2.24, 2.45) is 5.92 Å². The van der Waals surface area contributed by atoms with E-state index < -0.39 is 0 Å². The Balaban J connectivity index is 0. The topological polar surface area (TPSA) is 12.0 Å². The molecule has 0 aliphatic heterocycles. The van der Waals surface area contributed by atoms with Crippen LogP contribution in [0.15, 0.2) is 0 Å². The molecule has 0 heterocycles. The number of hydrogen-bond acceptors (Lipinski definition) is 1. The molecule has 0 aromatic heterocycles. The molecule has 0 bridgehead atoms. The van der Waals surface area contributed by atoms with Gasteiger partial charge in [0, 0.05) is 6.04 Å². The van der Waals surface area contributed by atoms with E-state index in [1.54, 1.807) is 0 Å². The Labute approximate surface area is 85.3 Å². The van der Waals surface area contributed by atoms with Crippen LogP contribution in [-0.4, -0.2) is 13.1 Å². The summed E-state index contributed by atoms with van der Waals surface area (Å²) in [6.45, 7) is 10.8. The molecule has 0 saturated heterocycles. The third-order valence-corrected chi connectivity index (χ3v) is 2.62. The van der Waals surface area contributed by atoms with Crippen molar-refractivity contribution >= 4 is 0 Å². The minimum absolute atomic E-state index is 0.687. The van der Waals surface area contributed by atoms with E-state index in [2.05, 4.69) is 33.1 Å². The molecular weight excluding hydrogens is 158 g/mol. The van der Waals surface area contributed by atoms with E-state index in [1.807, 2.05) is 13.8 Å². The van der Waals surface area contributed by atoms with Gasteiger partial charge in [0.2, 0.25) is 0 Å². The molecule has 0 aliphatic rings. The highest BCUT2D eigenvalue weighted by atomic mass is 14.9. The first-order valence-corrected chi connectivity index (χ1v) is 5.93. The highest BCUT2D eigenvalue weighted by molar-refractivity contribution is 4.68. The highest BCUT2D eigenvalue weighted by Crippen LogP contribution is 2.15. The summed E-state index contributed by atoms with van der Waals surface area (Å²) in [7, 11) is 2.05. The molecule has 0 rings (SSSR count). The second-order valence-electron chi connectivity index (χ2n) is 3.39. The second-order valence-corrected chi connectivity index (χ2v) is 3.39. The van der Waals surface area contributed by atoms with Gasteiger partial charge in [-0.1, -0.05) is 47.0 Å². The summed E-state index contributed by atoms with van der Waals surface area (Å²) < 4.78 is 0. The third-order valence-electron chi connectivity index (χ3n) is 2.62. The minimum atomic E-state index is 0.687. The van der Waals surface area contributed by atoms with E-state index in [4.69, 9.17) is 0 Å².